The maximum Gasteiger partial charge on any atom is 0.270 e. The van der Waals surface area contributed by atoms with Crippen molar-refractivity contribution < 1.29 is 0 Å². The summed E-state index contributed by atoms with van der Waals surface area (Å²) in [6, 6.07) is 10.1. The maximum absolute atomic E-state index is 5.87. The SMILES string of the molecule is ClC1(Cl)N=NN=C1CCc1ccccc1. The van der Waals surface area contributed by atoms with Crippen LogP contribution in [0.25, 0.3) is 0 Å². The van der Waals surface area contributed by atoms with E-state index in [4.69, 9.17) is 23.2 Å². The molecule has 1 aliphatic rings. The summed E-state index contributed by atoms with van der Waals surface area (Å²) in [5, 5.41) is 10.9. The fourth-order valence-corrected chi connectivity index (χ4v) is 1.69. The van der Waals surface area contributed by atoms with Gasteiger partial charge >= 0.3 is 0 Å². The molecule has 0 saturated heterocycles. The summed E-state index contributed by atoms with van der Waals surface area (Å²) in [6.45, 7) is 0. The molecular weight excluding hydrogens is 233 g/mol. The van der Waals surface area contributed by atoms with Crippen molar-refractivity contribution in [3.05, 3.63) is 35.9 Å². The molecule has 0 amide bonds. The topological polar surface area (TPSA) is 37.1 Å². The van der Waals surface area contributed by atoms with Gasteiger partial charge in [0.25, 0.3) is 4.46 Å². The second-order valence-electron chi connectivity index (χ2n) is 3.26. The molecule has 0 fully saturated rings. The molecule has 0 aliphatic carbocycles. The van der Waals surface area contributed by atoms with Crippen molar-refractivity contribution in [1.29, 1.82) is 0 Å². The minimum absolute atomic E-state index is 0.606. The zero-order valence-electron chi connectivity index (χ0n) is 7.90. The predicted octanol–water partition coefficient (Wildman–Crippen LogP) is 3.57. The Kier molecular flexibility index (Phi) is 3.03. The van der Waals surface area contributed by atoms with Crippen molar-refractivity contribution in [3.8, 4) is 0 Å². The summed E-state index contributed by atoms with van der Waals surface area (Å²) in [5.41, 5.74) is 1.82. The van der Waals surface area contributed by atoms with E-state index in [2.05, 4.69) is 15.4 Å². The third kappa shape index (κ3) is 2.55. The van der Waals surface area contributed by atoms with Crippen LogP contribution in [0.15, 0.2) is 45.8 Å². The summed E-state index contributed by atoms with van der Waals surface area (Å²) in [4.78, 5) is 0. The van der Waals surface area contributed by atoms with Crippen LogP contribution in [0.2, 0.25) is 0 Å². The number of hydrogen-bond donors (Lipinski definition) is 0. The molecule has 1 aliphatic heterocycles. The largest absolute Gasteiger partial charge is 0.270 e. The van der Waals surface area contributed by atoms with Crippen LogP contribution in [0.4, 0.5) is 0 Å². The van der Waals surface area contributed by atoms with Gasteiger partial charge in [-0.25, -0.2) is 0 Å². The summed E-state index contributed by atoms with van der Waals surface area (Å²) in [5.74, 6) is 0. The monoisotopic (exact) mass is 241 g/mol. The number of alkyl halides is 2. The van der Waals surface area contributed by atoms with Gasteiger partial charge in [0.05, 0.1) is 0 Å². The van der Waals surface area contributed by atoms with Gasteiger partial charge < -0.3 is 0 Å². The first kappa shape index (κ1) is 10.6. The van der Waals surface area contributed by atoms with Crippen LogP contribution in [0.5, 0.6) is 0 Å². The molecule has 3 nitrogen and oxygen atoms in total. The molecule has 1 heterocycles. The first-order valence-corrected chi connectivity index (χ1v) is 5.35. The van der Waals surface area contributed by atoms with Gasteiger partial charge in [0.15, 0.2) is 0 Å². The van der Waals surface area contributed by atoms with E-state index in [9.17, 15) is 0 Å². The Balaban J connectivity index is 1.96. The zero-order chi connectivity index (χ0) is 10.7. The molecule has 0 radical (unpaired) electrons. The molecule has 0 atom stereocenters. The van der Waals surface area contributed by atoms with E-state index in [1.165, 1.54) is 5.56 Å². The third-order valence-electron chi connectivity index (χ3n) is 2.18. The lowest BCUT2D eigenvalue weighted by Crippen LogP contribution is -2.20. The molecule has 0 spiro atoms. The van der Waals surface area contributed by atoms with Gasteiger partial charge in [0, 0.05) is 0 Å². The second kappa shape index (κ2) is 4.29. The molecule has 0 bridgehead atoms. The third-order valence-corrected chi connectivity index (χ3v) is 2.76. The number of aryl methyl sites for hydroxylation is 1. The van der Waals surface area contributed by atoms with E-state index >= 15 is 0 Å². The maximum atomic E-state index is 5.87. The van der Waals surface area contributed by atoms with Gasteiger partial charge in [0.2, 0.25) is 0 Å². The lowest BCUT2D eigenvalue weighted by atomic mass is 10.1. The fraction of sp³-hybridized carbons (Fsp3) is 0.300. The fourth-order valence-electron chi connectivity index (χ4n) is 1.36. The Morgan fingerprint density at radius 1 is 1.07 bits per heavy atom. The van der Waals surface area contributed by atoms with E-state index in [1.807, 2.05) is 30.3 Å². The Morgan fingerprint density at radius 3 is 2.40 bits per heavy atom. The average molecular weight is 242 g/mol. The quantitative estimate of drug-likeness (QED) is 0.574. The smallest absolute Gasteiger partial charge is 0.135 e. The van der Waals surface area contributed by atoms with Crippen LogP contribution < -0.4 is 0 Å². The lowest BCUT2D eigenvalue weighted by Gasteiger charge is -2.09. The van der Waals surface area contributed by atoms with Crippen molar-refractivity contribution in [2.75, 3.05) is 0 Å². The standard InChI is InChI=1S/C10H9Cl2N3/c11-10(12)9(13-15-14-10)7-6-8-4-2-1-3-5-8/h1-5H,6-7H2. The van der Waals surface area contributed by atoms with Crippen LogP contribution in [-0.2, 0) is 6.42 Å². The van der Waals surface area contributed by atoms with E-state index in [0.29, 0.717) is 12.1 Å². The van der Waals surface area contributed by atoms with Gasteiger partial charge in [0.1, 0.15) is 5.71 Å². The number of nitrogens with zero attached hydrogens (tertiary/aromatic N) is 3. The van der Waals surface area contributed by atoms with Crippen LogP contribution in [0.3, 0.4) is 0 Å². The van der Waals surface area contributed by atoms with Crippen molar-refractivity contribution in [2.45, 2.75) is 17.3 Å². The molecule has 0 N–H and O–H groups in total. The van der Waals surface area contributed by atoms with Gasteiger partial charge in [-0.1, -0.05) is 53.5 Å². The molecular formula is C10H9Cl2N3. The number of halogens is 2. The lowest BCUT2D eigenvalue weighted by molar-refractivity contribution is 0.958. The molecule has 5 heteroatoms. The highest BCUT2D eigenvalue weighted by Gasteiger charge is 2.34. The zero-order valence-corrected chi connectivity index (χ0v) is 9.41. The van der Waals surface area contributed by atoms with E-state index in [-0.39, 0.29) is 0 Å². The van der Waals surface area contributed by atoms with Crippen LogP contribution in [0, 0.1) is 0 Å². The molecule has 0 aromatic heterocycles. The first-order valence-electron chi connectivity index (χ1n) is 4.59. The Bertz CT molecular complexity index is 398. The van der Waals surface area contributed by atoms with Crippen molar-refractivity contribution in [1.82, 2.24) is 0 Å². The normalized spacial score (nSPS) is 17.9. The first-order chi connectivity index (χ1) is 7.18. The summed E-state index contributed by atoms with van der Waals surface area (Å²) in [6.07, 6.45) is 1.51. The molecule has 2 rings (SSSR count). The molecule has 15 heavy (non-hydrogen) atoms. The van der Waals surface area contributed by atoms with Crippen LogP contribution in [-0.4, -0.2) is 10.2 Å². The summed E-state index contributed by atoms with van der Waals surface area (Å²) in [7, 11) is 0. The Morgan fingerprint density at radius 2 is 1.80 bits per heavy atom. The summed E-state index contributed by atoms with van der Waals surface area (Å²) >= 11 is 11.7. The minimum Gasteiger partial charge on any atom is -0.135 e. The molecule has 1 aromatic rings. The van der Waals surface area contributed by atoms with Gasteiger partial charge in [-0.3, -0.25) is 0 Å². The van der Waals surface area contributed by atoms with Gasteiger partial charge in [-0.15, -0.1) is 10.2 Å². The number of rotatable bonds is 3. The van der Waals surface area contributed by atoms with Gasteiger partial charge in [-0.05, 0) is 23.6 Å². The van der Waals surface area contributed by atoms with Gasteiger partial charge in [-0.2, -0.15) is 0 Å². The highest BCUT2D eigenvalue weighted by atomic mass is 35.5. The van der Waals surface area contributed by atoms with E-state index in [1.54, 1.807) is 0 Å². The summed E-state index contributed by atoms with van der Waals surface area (Å²) < 4.78 is -1.26. The number of hydrogen-bond acceptors (Lipinski definition) is 3. The second-order valence-corrected chi connectivity index (χ2v) is 4.55. The minimum atomic E-state index is -1.26. The van der Waals surface area contributed by atoms with Crippen LogP contribution >= 0.6 is 23.2 Å². The van der Waals surface area contributed by atoms with E-state index < -0.39 is 4.46 Å². The average Bonchev–Trinajstić information content (AvgIpc) is 2.56. The predicted molar refractivity (Wildman–Crippen MR) is 61.5 cm³/mol. The molecule has 0 unspecified atom stereocenters. The van der Waals surface area contributed by atoms with Crippen molar-refractivity contribution >= 4 is 28.9 Å². The highest BCUT2D eigenvalue weighted by Crippen LogP contribution is 2.31. The van der Waals surface area contributed by atoms with Crippen molar-refractivity contribution in [2.24, 2.45) is 15.4 Å². The molecule has 78 valence electrons. The highest BCUT2D eigenvalue weighted by molar-refractivity contribution is 6.58. The number of benzene rings is 1. The Hall–Kier alpha value is -0.930. The Labute approximate surface area is 97.8 Å². The molecule has 1 aromatic carbocycles. The molecule has 0 saturated carbocycles. The van der Waals surface area contributed by atoms with Crippen molar-refractivity contribution in [3.63, 3.8) is 0 Å². The van der Waals surface area contributed by atoms with Crippen LogP contribution in [0.1, 0.15) is 12.0 Å². The van der Waals surface area contributed by atoms with E-state index in [0.717, 1.165) is 6.42 Å².